The van der Waals surface area contributed by atoms with Crippen molar-refractivity contribution in [1.82, 2.24) is 10.2 Å². The van der Waals surface area contributed by atoms with Crippen LogP contribution >= 0.6 is 0 Å². The van der Waals surface area contributed by atoms with Crippen molar-refractivity contribution in [2.75, 3.05) is 20.1 Å². The van der Waals surface area contributed by atoms with E-state index in [2.05, 4.69) is 51.9 Å². The van der Waals surface area contributed by atoms with Gasteiger partial charge in [-0.05, 0) is 65.1 Å². The van der Waals surface area contributed by atoms with E-state index in [0.717, 1.165) is 0 Å². The summed E-state index contributed by atoms with van der Waals surface area (Å²) in [6.07, 6.45) is 5.30. The Morgan fingerprint density at radius 3 is 2.00 bits per heavy atom. The van der Waals surface area contributed by atoms with Crippen LogP contribution in [-0.2, 0) is 0 Å². The molecule has 1 atom stereocenters. The van der Waals surface area contributed by atoms with E-state index in [-0.39, 0.29) is 5.54 Å². The average Bonchev–Trinajstić information content (AvgIpc) is 2.69. The largest absolute Gasteiger partial charge is 0.315 e. The van der Waals surface area contributed by atoms with Crippen LogP contribution in [0.3, 0.4) is 0 Å². The van der Waals surface area contributed by atoms with Crippen molar-refractivity contribution in [3.8, 4) is 0 Å². The van der Waals surface area contributed by atoms with Gasteiger partial charge in [0.2, 0.25) is 0 Å². The molecule has 1 N–H and O–H groups in total. The quantitative estimate of drug-likeness (QED) is 0.793. The maximum Gasteiger partial charge on any atom is 0.0306 e. The molecule has 1 aliphatic heterocycles. The van der Waals surface area contributed by atoms with Crippen molar-refractivity contribution in [3.63, 3.8) is 0 Å². The molecule has 0 radical (unpaired) electrons. The fourth-order valence-electron chi connectivity index (χ4n) is 2.94. The Morgan fingerprint density at radius 1 is 1.06 bits per heavy atom. The Balaban J connectivity index is 2.58. The van der Waals surface area contributed by atoms with Gasteiger partial charge in [-0.25, -0.2) is 0 Å². The lowest BCUT2D eigenvalue weighted by molar-refractivity contribution is 0.0997. The highest BCUT2D eigenvalue weighted by Gasteiger charge is 2.36. The smallest absolute Gasteiger partial charge is 0.0306 e. The van der Waals surface area contributed by atoms with Crippen LogP contribution in [0, 0.1) is 5.41 Å². The minimum atomic E-state index is 0.288. The molecule has 0 aliphatic carbocycles. The molecule has 17 heavy (non-hydrogen) atoms. The SMILES string of the molecule is CNC(CCC(C)(C)C)C(C)(C)N1CCCC1. The number of likely N-dealkylation sites (N-methyl/N-ethyl adjacent to an activating group) is 1. The molecule has 1 fully saturated rings. The molecule has 0 aromatic rings. The topological polar surface area (TPSA) is 15.3 Å². The molecule has 1 heterocycles. The number of likely N-dealkylation sites (tertiary alicyclic amines) is 1. The molecular formula is C15H32N2. The van der Waals surface area contributed by atoms with Gasteiger partial charge in [0.25, 0.3) is 0 Å². The molecule has 0 spiro atoms. The molecule has 1 saturated heterocycles. The van der Waals surface area contributed by atoms with E-state index in [9.17, 15) is 0 Å². The highest BCUT2D eigenvalue weighted by atomic mass is 15.2. The second kappa shape index (κ2) is 5.71. The van der Waals surface area contributed by atoms with Crippen LogP contribution in [0.15, 0.2) is 0 Å². The van der Waals surface area contributed by atoms with Gasteiger partial charge in [-0.3, -0.25) is 4.90 Å². The zero-order valence-electron chi connectivity index (χ0n) is 12.8. The molecule has 0 aromatic heterocycles. The first-order chi connectivity index (χ1) is 7.77. The molecule has 0 aromatic carbocycles. The fourth-order valence-corrected chi connectivity index (χ4v) is 2.94. The number of hydrogen-bond donors (Lipinski definition) is 1. The monoisotopic (exact) mass is 240 g/mol. The van der Waals surface area contributed by atoms with Crippen molar-refractivity contribution < 1.29 is 0 Å². The van der Waals surface area contributed by atoms with E-state index < -0.39 is 0 Å². The summed E-state index contributed by atoms with van der Waals surface area (Å²) in [5, 5.41) is 3.55. The minimum Gasteiger partial charge on any atom is -0.315 e. The van der Waals surface area contributed by atoms with Crippen LogP contribution in [0.2, 0.25) is 0 Å². The maximum absolute atomic E-state index is 3.55. The Labute approximate surface area is 108 Å². The minimum absolute atomic E-state index is 0.288. The van der Waals surface area contributed by atoms with Gasteiger partial charge in [-0.1, -0.05) is 20.8 Å². The van der Waals surface area contributed by atoms with E-state index in [1.807, 2.05) is 0 Å². The van der Waals surface area contributed by atoms with Crippen LogP contribution in [0.25, 0.3) is 0 Å². The molecular weight excluding hydrogens is 208 g/mol. The van der Waals surface area contributed by atoms with Crippen LogP contribution < -0.4 is 5.32 Å². The first-order valence-corrected chi connectivity index (χ1v) is 7.20. The summed E-state index contributed by atoms with van der Waals surface area (Å²) >= 11 is 0. The van der Waals surface area contributed by atoms with Crippen molar-refractivity contribution in [2.45, 2.75) is 71.9 Å². The van der Waals surface area contributed by atoms with Gasteiger partial charge in [0.05, 0.1) is 0 Å². The van der Waals surface area contributed by atoms with Crippen LogP contribution in [0.5, 0.6) is 0 Å². The third kappa shape index (κ3) is 4.26. The number of hydrogen-bond acceptors (Lipinski definition) is 2. The van der Waals surface area contributed by atoms with Crippen molar-refractivity contribution >= 4 is 0 Å². The van der Waals surface area contributed by atoms with Gasteiger partial charge < -0.3 is 5.32 Å². The first kappa shape index (κ1) is 15.0. The fraction of sp³-hybridized carbons (Fsp3) is 1.00. The predicted octanol–water partition coefficient (Wildman–Crippen LogP) is 3.28. The average molecular weight is 240 g/mol. The maximum atomic E-state index is 3.55. The number of nitrogens with one attached hydrogen (secondary N) is 1. The summed E-state index contributed by atoms with van der Waals surface area (Å²) in [5.41, 5.74) is 0.729. The van der Waals surface area contributed by atoms with Crippen LogP contribution in [0.4, 0.5) is 0 Å². The highest BCUT2D eigenvalue weighted by molar-refractivity contribution is 4.95. The van der Waals surface area contributed by atoms with Crippen LogP contribution in [0.1, 0.15) is 60.3 Å². The number of nitrogens with zero attached hydrogens (tertiary/aromatic N) is 1. The number of rotatable bonds is 5. The van der Waals surface area contributed by atoms with Gasteiger partial charge in [0.1, 0.15) is 0 Å². The van der Waals surface area contributed by atoms with Crippen molar-refractivity contribution in [2.24, 2.45) is 5.41 Å². The normalized spacial score (nSPS) is 20.8. The Hall–Kier alpha value is -0.0800. The highest BCUT2D eigenvalue weighted by Crippen LogP contribution is 2.29. The third-order valence-electron chi connectivity index (χ3n) is 4.31. The lowest BCUT2D eigenvalue weighted by atomic mass is 9.82. The van der Waals surface area contributed by atoms with Gasteiger partial charge in [-0.15, -0.1) is 0 Å². The summed E-state index contributed by atoms with van der Waals surface area (Å²) in [6.45, 7) is 14.4. The molecule has 2 nitrogen and oxygen atoms in total. The third-order valence-corrected chi connectivity index (χ3v) is 4.31. The van der Waals surface area contributed by atoms with E-state index in [0.29, 0.717) is 11.5 Å². The Kier molecular flexibility index (Phi) is 5.03. The summed E-state index contributed by atoms with van der Waals surface area (Å²) in [7, 11) is 2.12. The molecule has 1 rings (SSSR count). The van der Waals surface area contributed by atoms with E-state index in [1.54, 1.807) is 0 Å². The molecule has 102 valence electrons. The molecule has 0 amide bonds. The Morgan fingerprint density at radius 2 is 1.59 bits per heavy atom. The molecule has 1 aliphatic rings. The lowest BCUT2D eigenvalue weighted by Gasteiger charge is -2.43. The zero-order valence-corrected chi connectivity index (χ0v) is 12.8. The predicted molar refractivity (Wildman–Crippen MR) is 76.4 cm³/mol. The van der Waals surface area contributed by atoms with Gasteiger partial charge in [-0.2, -0.15) is 0 Å². The summed E-state index contributed by atoms with van der Waals surface area (Å²) in [5.74, 6) is 0. The van der Waals surface area contributed by atoms with E-state index in [1.165, 1.54) is 38.8 Å². The summed E-state index contributed by atoms with van der Waals surface area (Å²) in [6, 6.07) is 0.597. The standard InChI is InChI=1S/C15H32N2/c1-14(2,3)10-9-13(16-6)15(4,5)17-11-7-8-12-17/h13,16H,7-12H2,1-6H3. The second-order valence-corrected chi connectivity index (χ2v) is 7.29. The van der Waals surface area contributed by atoms with Gasteiger partial charge in [0, 0.05) is 11.6 Å². The van der Waals surface area contributed by atoms with Gasteiger partial charge >= 0.3 is 0 Å². The molecule has 1 unspecified atom stereocenters. The Bertz CT molecular complexity index is 222. The molecule has 2 heteroatoms. The zero-order chi connectivity index (χ0) is 13.1. The van der Waals surface area contributed by atoms with Gasteiger partial charge in [0.15, 0.2) is 0 Å². The van der Waals surface area contributed by atoms with E-state index >= 15 is 0 Å². The second-order valence-electron chi connectivity index (χ2n) is 7.29. The summed E-state index contributed by atoms with van der Waals surface area (Å²) < 4.78 is 0. The van der Waals surface area contributed by atoms with Crippen LogP contribution in [-0.4, -0.2) is 36.6 Å². The summed E-state index contributed by atoms with van der Waals surface area (Å²) in [4.78, 5) is 2.66. The van der Waals surface area contributed by atoms with Crippen molar-refractivity contribution in [1.29, 1.82) is 0 Å². The van der Waals surface area contributed by atoms with E-state index in [4.69, 9.17) is 0 Å². The molecule has 0 saturated carbocycles. The lowest BCUT2D eigenvalue weighted by Crippen LogP contribution is -2.56. The van der Waals surface area contributed by atoms with Crippen molar-refractivity contribution in [3.05, 3.63) is 0 Å². The first-order valence-electron chi connectivity index (χ1n) is 7.20. The molecule has 0 bridgehead atoms.